The minimum atomic E-state index is -1.56. The van der Waals surface area contributed by atoms with E-state index in [-0.39, 0.29) is 11.8 Å². The van der Waals surface area contributed by atoms with E-state index in [9.17, 15) is 25.2 Å². The number of allylic oxidation sites excluding steroid dienone is 1. The predicted molar refractivity (Wildman–Crippen MR) is 93.8 cm³/mol. The van der Waals surface area contributed by atoms with Crippen LogP contribution < -0.4 is 0 Å². The van der Waals surface area contributed by atoms with Gasteiger partial charge in [0.15, 0.2) is 0 Å². The molecular formula is C20H32O5. The second-order valence-electron chi connectivity index (χ2n) is 9.35. The maximum Gasteiger partial charge on any atom is 0.309 e. The summed E-state index contributed by atoms with van der Waals surface area (Å²) in [6, 6.07) is 0. The summed E-state index contributed by atoms with van der Waals surface area (Å²) in [5.74, 6) is -0.847. The van der Waals surface area contributed by atoms with Crippen LogP contribution in [0.25, 0.3) is 0 Å². The third kappa shape index (κ3) is 2.35. The van der Waals surface area contributed by atoms with E-state index in [1.54, 1.807) is 6.92 Å². The molecule has 2 fully saturated rings. The molecule has 7 unspecified atom stereocenters. The lowest BCUT2D eigenvalue weighted by atomic mass is 9.42. The molecule has 0 aromatic carbocycles. The fraction of sp³-hybridized carbons (Fsp3) is 0.850. The average Bonchev–Trinajstić information content (AvgIpc) is 2.51. The molecular weight excluding hydrogens is 320 g/mol. The van der Waals surface area contributed by atoms with Gasteiger partial charge in [-0.1, -0.05) is 33.3 Å². The minimum Gasteiger partial charge on any atom is -0.481 e. The zero-order valence-corrected chi connectivity index (χ0v) is 15.7. The Hall–Kier alpha value is -0.910. The Morgan fingerprint density at radius 2 is 1.84 bits per heavy atom. The van der Waals surface area contributed by atoms with Gasteiger partial charge < -0.3 is 20.4 Å². The summed E-state index contributed by atoms with van der Waals surface area (Å²) in [7, 11) is 0. The molecule has 2 saturated carbocycles. The Bertz CT molecular complexity index is 599. The molecule has 0 saturated heterocycles. The highest BCUT2D eigenvalue weighted by Gasteiger charge is 2.68. The molecule has 3 aliphatic rings. The number of aliphatic hydroxyl groups excluding tert-OH is 2. The molecule has 0 heterocycles. The quantitative estimate of drug-likeness (QED) is 0.572. The first kappa shape index (κ1) is 18.9. The Labute approximate surface area is 149 Å². The van der Waals surface area contributed by atoms with Gasteiger partial charge in [-0.25, -0.2) is 0 Å². The number of fused-ring (bicyclic) bond motifs is 3. The topological polar surface area (TPSA) is 98.0 Å². The van der Waals surface area contributed by atoms with Crippen molar-refractivity contribution in [3.05, 3.63) is 11.6 Å². The van der Waals surface area contributed by atoms with Crippen molar-refractivity contribution >= 4 is 5.97 Å². The number of carboxylic acids is 1. The summed E-state index contributed by atoms with van der Waals surface area (Å²) >= 11 is 0. The highest BCUT2D eigenvalue weighted by Crippen LogP contribution is 2.65. The fourth-order valence-electron chi connectivity index (χ4n) is 6.04. The summed E-state index contributed by atoms with van der Waals surface area (Å²) in [6.45, 7) is 7.78. The second-order valence-corrected chi connectivity index (χ2v) is 9.35. The van der Waals surface area contributed by atoms with Gasteiger partial charge in [-0.05, 0) is 55.9 Å². The zero-order chi connectivity index (χ0) is 18.8. The van der Waals surface area contributed by atoms with Crippen LogP contribution in [0.1, 0.15) is 59.8 Å². The van der Waals surface area contributed by atoms with Crippen molar-refractivity contribution < 1.29 is 25.2 Å². The van der Waals surface area contributed by atoms with E-state index in [4.69, 9.17) is 0 Å². The normalized spacial score (nSPS) is 50.0. The summed E-state index contributed by atoms with van der Waals surface area (Å²) in [4.78, 5) is 12.0. The lowest BCUT2D eigenvalue weighted by Crippen LogP contribution is -2.69. The van der Waals surface area contributed by atoms with Crippen LogP contribution in [0.15, 0.2) is 11.6 Å². The smallest absolute Gasteiger partial charge is 0.309 e. The monoisotopic (exact) mass is 352 g/mol. The van der Waals surface area contributed by atoms with Gasteiger partial charge in [0.1, 0.15) is 5.60 Å². The van der Waals surface area contributed by atoms with Crippen LogP contribution in [0.5, 0.6) is 0 Å². The number of carbonyl (C=O) groups is 1. The standard InChI is InChI=1S/C20H32O5/c1-11(2)12-8-13-14(21)10-15-18(3,17(23)24)6-5-7-19(15,4)20(13,25)16(22)9-12/h8,11-12,14-16,21-22,25H,5-7,9-10H2,1-4H3,(H,23,24). The van der Waals surface area contributed by atoms with Gasteiger partial charge >= 0.3 is 5.97 Å². The second kappa shape index (κ2) is 5.80. The first-order valence-electron chi connectivity index (χ1n) is 9.52. The first-order valence-corrected chi connectivity index (χ1v) is 9.52. The van der Waals surface area contributed by atoms with Gasteiger partial charge in [0.05, 0.1) is 17.6 Å². The molecule has 0 amide bonds. The molecule has 4 N–H and O–H groups in total. The summed E-state index contributed by atoms with van der Waals surface area (Å²) < 4.78 is 0. The molecule has 3 aliphatic carbocycles. The molecule has 5 nitrogen and oxygen atoms in total. The Balaban J connectivity index is 2.14. The van der Waals surface area contributed by atoms with E-state index in [1.807, 2.05) is 13.0 Å². The first-order chi connectivity index (χ1) is 11.5. The maximum atomic E-state index is 12.0. The molecule has 3 rings (SSSR count). The van der Waals surface area contributed by atoms with Crippen LogP contribution in [0.4, 0.5) is 0 Å². The maximum absolute atomic E-state index is 12.0. The van der Waals surface area contributed by atoms with Crippen molar-refractivity contribution in [1.82, 2.24) is 0 Å². The number of hydrogen-bond donors (Lipinski definition) is 4. The van der Waals surface area contributed by atoms with Crippen LogP contribution in [0, 0.1) is 28.6 Å². The van der Waals surface area contributed by atoms with Crippen LogP contribution in [-0.2, 0) is 4.79 Å². The third-order valence-corrected chi connectivity index (χ3v) is 7.78. The minimum absolute atomic E-state index is 0.106. The molecule has 0 bridgehead atoms. The Morgan fingerprint density at radius 3 is 2.40 bits per heavy atom. The van der Waals surface area contributed by atoms with Gasteiger partial charge in [-0.2, -0.15) is 0 Å². The number of hydrogen-bond acceptors (Lipinski definition) is 4. The highest BCUT2D eigenvalue weighted by atomic mass is 16.4. The van der Waals surface area contributed by atoms with Gasteiger partial charge in [-0.3, -0.25) is 4.79 Å². The van der Waals surface area contributed by atoms with E-state index < -0.39 is 34.6 Å². The molecule has 7 atom stereocenters. The van der Waals surface area contributed by atoms with Crippen molar-refractivity contribution in [2.45, 2.75) is 77.6 Å². The van der Waals surface area contributed by atoms with Crippen LogP contribution in [-0.4, -0.2) is 44.2 Å². The van der Waals surface area contributed by atoms with Crippen molar-refractivity contribution in [2.75, 3.05) is 0 Å². The lowest BCUT2D eigenvalue weighted by Gasteiger charge is -2.64. The van der Waals surface area contributed by atoms with Crippen LogP contribution in [0.3, 0.4) is 0 Å². The van der Waals surface area contributed by atoms with Crippen molar-refractivity contribution in [3.63, 3.8) is 0 Å². The number of carboxylic acid groups (broad SMARTS) is 1. The van der Waals surface area contributed by atoms with Crippen LogP contribution in [0.2, 0.25) is 0 Å². The van der Waals surface area contributed by atoms with Gasteiger partial charge in [0.25, 0.3) is 0 Å². The fourth-order valence-corrected chi connectivity index (χ4v) is 6.04. The molecule has 0 aromatic heterocycles. The number of aliphatic carboxylic acids is 1. The van der Waals surface area contributed by atoms with Gasteiger partial charge in [0, 0.05) is 5.41 Å². The lowest BCUT2D eigenvalue weighted by molar-refractivity contribution is -0.226. The molecule has 5 heteroatoms. The molecule has 25 heavy (non-hydrogen) atoms. The molecule has 0 spiro atoms. The SMILES string of the molecule is CC(C)C1C=C2C(O)CC3C(C)(C(=O)O)CCCC3(C)C2(O)C(O)C1. The summed E-state index contributed by atoms with van der Waals surface area (Å²) in [5, 5.41) is 43.4. The van der Waals surface area contributed by atoms with E-state index in [1.165, 1.54) is 0 Å². The average molecular weight is 352 g/mol. The number of aliphatic hydroxyl groups is 3. The van der Waals surface area contributed by atoms with Crippen molar-refractivity contribution in [1.29, 1.82) is 0 Å². The van der Waals surface area contributed by atoms with Gasteiger partial charge in [0.2, 0.25) is 0 Å². The van der Waals surface area contributed by atoms with Crippen LogP contribution >= 0.6 is 0 Å². The van der Waals surface area contributed by atoms with E-state index in [0.29, 0.717) is 43.6 Å². The molecule has 142 valence electrons. The molecule has 0 radical (unpaired) electrons. The van der Waals surface area contributed by atoms with E-state index in [0.717, 1.165) is 0 Å². The Kier molecular flexibility index (Phi) is 4.37. The van der Waals surface area contributed by atoms with Gasteiger partial charge in [-0.15, -0.1) is 0 Å². The van der Waals surface area contributed by atoms with Crippen molar-refractivity contribution in [2.24, 2.45) is 28.6 Å². The van der Waals surface area contributed by atoms with Crippen molar-refractivity contribution in [3.8, 4) is 0 Å². The molecule has 0 aromatic rings. The predicted octanol–water partition coefficient (Wildman–Crippen LogP) is 2.34. The Morgan fingerprint density at radius 1 is 1.20 bits per heavy atom. The van der Waals surface area contributed by atoms with E-state index in [2.05, 4.69) is 13.8 Å². The third-order valence-electron chi connectivity index (χ3n) is 7.78. The highest BCUT2D eigenvalue weighted by molar-refractivity contribution is 5.75. The zero-order valence-electron chi connectivity index (χ0n) is 15.7. The molecule has 0 aliphatic heterocycles. The van der Waals surface area contributed by atoms with E-state index >= 15 is 0 Å². The summed E-state index contributed by atoms with van der Waals surface area (Å²) in [5.41, 5.74) is -2.80. The summed E-state index contributed by atoms with van der Waals surface area (Å²) in [6.07, 6.45) is 2.72. The largest absolute Gasteiger partial charge is 0.481 e. The number of rotatable bonds is 2.